The van der Waals surface area contributed by atoms with Crippen molar-refractivity contribution in [1.29, 1.82) is 0 Å². The van der Waals surface area contributed by atoms with Gasteiger partial charge in [0.25, 0.3) is 0 Å². The zero-order valence-corrected chi connectivity index (χ0v) is 10.9. The van der Waals surface area contributed by atoms with E-state index in [4.69, 9.17) is 4.74 Å². The van der Waals surface area contributed by atoms with Crippen LogP contribution >= 0.6 is 0 Å². The second kappa shape index (κ2) is 6.22. The second-order valence-corrected chi connectivity index (χ2v) is 4.73. The van der Waals surface area contributed by atoms with Gasteiger partial charge in [-0.1, -0.05) is 0 Å². The monoisotopic (exact) mass is 244 g/mol. The molecule has 0 aliphatic carbocycles. The van der Waals surface area contributed by atoms with Crippen LogP contribution in [0.5, 0.6) is 0 Å². The Morgan fingerprint density at radius 1 is 1.24 bits per heavy atom. The zero-order chi connectivity index (χ0) is 13.6. The standard InChI is InChI=1S/C11H20N2O4/c1-7(10(16)17-11(3,4)5)13-9(15)6-12-8(2)14/h7H,6H2,1-5H3,(H,12,14)(H,13,15)/t7-/m0/s1. The molecule has 2 amide bonds. The summed E-state index contributed by atoms with van der Waals surface area (Å²) >= 11 is 0. The molecule has 0 aromatic heterocycles. The number of esters is 1. The van der Waals surface area contributed by atoms with Crippen LogP contribution in [0.2, 0.25) is 0 Å². The molecule has 0 saturated heterocycles. The highest BCUT2D eigenvalue weighted by molar-refractivity contribution is 5.87. The van der Waals surface area contributed by atoms with Crippen molar-refractivity contribution in [1.82, 2.24) is 10.6 Å². The van der Waals surface area contributed by atoms with Crippen molar-refractivity contribution < 1.29 is 19.1 Å². The van der Waals surface area contributed by atoms with Crippen LogP contribution < -0.4 is 10.6 Å². The van der Waals surface area contributed by atoms with Gasteiger partial charge in [0.15, 0.2) is 0 Å². The molecule has 1 atom stereocenters. The van der Waals surface area contributed by atoms with Gasteiger partial charge in [0.05, 0.1) is 6.54 Å². The lowest BCUT2D eigenvalue weighted by Crippen LogP contribution is -2.45. The van der Waals surface area contributed by atoms with Gasteiger partial charge in [-0.3, -0.25) is 9.59 Å². The molecule has 0 unspecified atom stereocenters. The number of ether oxygens (including phenoxy) is 1. The summed E-state index contributed by atoms with van der Waals surface area (Å²) in [6, 6.07) is -0.740. The Bertz CT molecular complexity index is 307. The third-order valence-corrected chi connectivity index (χ3v) is 1.64. The van der Waals surface area contributed by atoms with E-state index < -0.39 is 23.5 Å². The van der Waals surface area contributed by atoms with Gasteiger partial charge < -0.3 is 15.4 Å². The highest BCUT2D eigenvalue weighted by Crippen LogP contribution is 2.08. The maximum atomic E-state index is 11.5. The number of amides is 2. The van der Waals surface area contributed by atoms with Crippen LogP contribution in [0.3, 0.4) is 0 Å². The molecule has 98 valence electrons. The Labute approximate surface area is 101 Å². The molecule has 0 aromatic carbocycles. The van der Waals surface area contributed by atoms with Crippen molar-refractivity contribution in [2.45, 2.75) is 46.3 Å². The normalized spacial score (nSPS) is 12.5. The summed E-state index contributed by atoms with van der Waals surface area (Å²) in [7, 11) is 0. The SMILES string of the molecule is CC(=O)NCC(=O)N[C@@H](C)C(=O)OC(C)(C)C. The molecule has 0 aliphatic heterocycles. The minimum Gasteiger partial charge on any atom is -0.458 e. The summed E-state index contributed by atoms with van der Waals surface area (Å²) in [6.07, 6.45) is 0. The molecule has 17 heavy (non-hydrogen) atoms. The molecule has 0 rings (SSSR count). The van der Waals surface area contributed by atoms with Crippen molar-refractivity contribution in [3.05, 3.63) is 0 Å². The number of hydrogen-bond acceptors (Lipinski definition) is 4. The smallest absolute Gasteiger partial charge is 0.328 e. The fourth-order valence-electron chi connectivity index (χ4n) is 0.946. The second-order valence-electron chi connectivity index (χ2n) is 4.73. The first-order valence-electron chi connectivity index (χ1n) is 5.38. The summed E-state index contributed by atoms with van der Waals surface area (Å²) in [5.74, 6) is -1.24. The molecule has 0 radical (unpaired) electrons. The van der Waals surface area contributed by atoms with Crippen molar-refractivity contribution in [3.63, 3.8) is 0 Å². The number of carbonyl (C=O) groups excluding carboxylic acids is 3. The van der Waals surface area contributed by atoms with E-state index >= 15 is 0 Å². The predicted molar refractivity (Wildman–Crippen MR) is 62.1 cm³/mol. The molecule has 0 fully saturated rings. The first-order chi connectivity index (χ1) is 7.61. The molecule has 2 N–H and O–H groups in total. The van der Waals surface area contributed by atoms with Crippen LogP contribution in [0.4, 0.5) is 0 Å². The van der Waals surface area contributed by atoms with E-state index in [1.807, 2.05) is 0 Å². The highest BCUT2D eigenvalue weighted by Gasteiger charge is 2.22. The highest BCUT2D eigenvalue weighted by atomic mass is 16.6. The molecule has 0 bridgehead atoms. The Morgan fingerprint density at radius 2 is 1.76 bits per heavy atom. The quantitative estimate of drug-likeness (QED) is 0.680. The number of nitrogens with one attached hydrogen (secondary N) is 2. The van der Waals surface area contributed by atoms with Crippen LogP contribution in [-0.2, 0) is 19.1 Å². The minimum absolute atomic E-state index is 0.150. The molecular weight excluding hydrogens is 224 g/mol. The lowest BCUT2D eigenvalue weighted by Gasteiger charge is -2.22. The van der Waals surface area contributed by atoms with E-state index in [9.17, 15) is 14.4 Å². The van der Waals surface area contributed by atoms with Gasteiger partial charge in [-0.25, -0.2) is 4.79 Å². The lowest BCUT2D eigenvalue weighted by atomic mass is 10.2. The first kappa shape index (κ1) is 15.4. The summed E-state index contributed by atoms with van der Waals surface area (Å²) in [4.78, 5) is 33.4. The Morgan fingerprint density at radius 3 is 2.18 bits per heavy atom. The van der Waals surface area contributed by atoms with Gasteiger partial charge >= 0.3 is 5.97 Å². The zero-order valence-electron chi connectivity index (χ0n) is 10.9. The van der Waals surface area contributed by atoms with Gasteiger partial charge in [0.1, 0.15) is 11.6 Å². The van der Waals surface area contributed by atoms with Crippen molar-refractivity contribution >= 4 is 17.8 Å². The van der Waals surface area contributed by atoms with Crippen LogP contribution in [0.1, 0.15) is 34.6 Å². The van der Waals surface area contributed by atoms with E-state index in [2.05, 4.69) is 10.6 Å². The van der Waals surface area contributed by atoms with Crippen molar-refractivity contribution in [2.75, 3.05) is 6.54 Å². The molecule has 0 heterocycles. The fourth-order valence-corrected chi connectivity index (χ4v) is 0.946. The summed E-state index contributed by atoms with van der Waals surface area (Å²) in [6.45, 7) is 7.93. The fraction of sp³-hybridized carbons (Fsp3) is 0.727. The maximum Gasteiger partial charge on any atom is 0.328 e. The van der Waals surface area contributed by atoms with Gasteiger partial charge in [0.2, 0.25) is 11.8 Å². The van der Waals surface area contributed by atoms with E-state index in [1.165, 1.54) is 13.8 Å². The van der Waals surface area contributed by atoms with E-state index in [-0.39, 0.29) is 12.5 Å². The van der Waals surface area contributed by atoms with Gasteiger partial charge in [-0.15, -0.1) is 0 Å². The third kappa shape index (κ3) is 8.24. The largest absolute Gasteiger partial charge is 0.458 e. The van der Waals surface area contributed by atoms with Crippen molar-refractivity contribution in [3.8, 4) is 0 Å². The number of rotatable bonds is 4. The molecule has 0 spiro atoms. The van der Waals surface area contributed by atoms with Gasteiger partial charge in [0, 0.05) is 6.92 Å². The number of hydrogen-bond donors (Lipinski definition) is 2. The number of carbonyl (C=O) groups is 3. The predicted octanol–water partition coefficient (Wildman–Crippen LogP) is -0.0311. The van der Waals surface area contributed by atoms with Crippen LogP contribution in [0, 0.1) is 0 Å². The summed E-state index contributed by atoms with van der Waals surface area (Å²) in [5.41, 5.74) is -0.590. The first-order valence-corrected chi connectivity index (χ1v) is 5.38. The Balaban J connectivity index is 4.08. The van der Waals surface area contributed by atoms with Gasteiger partial charge in [-0.2, -0.15) is 0 Å². The maximum absolute atomic E-state index is 11.5. The van der Waals surface area contributed by atoms with Crippen LogP contribution in [-0.4, -0.2) is 36.0 Å². The Kier molecular flexibility index (Phi) is 5.64. The molecule has 0 aromatic rings. The minimum atomic E-state index is -0.740. The molecule has 6 heteroatoms. The van der Waals surface area contributed by atoms with Crippen LogP contribution in [0.15, 0.2) is 0 Å². The molecular formula is C11H20N2O4. The lowest BCUT2D eigenvalue weighted by molar-refractivity contribution is -0.158. The average Bonchev–Trinajstić information content (AvgIpc) is 2.11. The third-order valence-electron chi connectivity index (χ3n) is 1.64. The van der Waals surface area contributed by atoms with Crippen LogP contribution in [0.25, 0.3) is 0 Å². The molecule has 0 aliphatic rings. The van der Waals surface area contributed by atoms with E-state index in [0.29, 0.717) is 0 Å². The van der Waals surface area contributed by atoms with E-state index in [0.717, 1.165) is 0 Å². The molecule has 6 nitrogen and oxygen atoms in total. The van der Waals surface area contributed by atoms with E-state index in [1.54, 1.807) is 20.8 Å². The van der Waals surface area contributed by atoms with Gasteiger partial charge in [-0.05, 0) is 27.7 Å². The average molecular weight is 244 g/mol. The summed E-state index contributed by atoms with van der Waals surface area (Å²) < 4.78 is 5.08. The summed E-state index contributed by atoms with van der Waals surface area (Å²) in [5, 5.41) is 4.76. The topological polar surface area (TPSA) is 84.5 Å². The molecule has 0 saturated carbocycles. The Hall–Kier alpha value is -1.59. The van der Waals surface area contributed by atoms with Crippen molar-refractivity contribution in [2.24, 2.45) is 0 Å².